The molecule has 0 aliphatic heterocycles. The fourth-order valence-electron chi connectivity index (χ4n) is 2.56. The van der Waals surface area contributed by atoms with Crippen LogP contribution in [0.5, 0.6) is 0 Å². The second-order valence-corrected chi connectivity index (χ2v) is 5.43. The number of aliphatic hydroxyl groups is 1. The molecule has 2 heteroatoms. The third kappa shape index (κ3) is 1.79. The van der Waals surface area contributed by atoms with Crippen LogP contribution in [0.2, 0.25) is 0 Å². The average Bonchev–Trinajstić information content (AvgIpc) is 2.64. The van der Waals surface area contributed by atoms with Gasteiger partial charge >= 0.3 is 0 Å². The molecule has 3 aromatic rings. The van der Waals surface area contributed by atoms with E-state index in [1.807, 2.05) is 26.0 Å². The van der Waals surface area contributed by atoms with Gasteiger partial charge in [-0.15, -0.1) is 0 Å². The summed E-state index contributed by atoms with van der Waals surface area (Å²) in [4.78, 5) is 0. The minimum absolute atomic E-state index is 0.598. The molecule has 0 atom stereocenters. The fraction of sp³-hybridized carbons (Fsp3) is 0.250. The van der Waals surface area contributed by atoms with E-state index < -0.39 is 5.60 Å². The number of hydrogen-bond acceptors (Lipinski definition) is 1. The minimum atomic E-state index is -0.718. The van der Waals surface area contributed by atoms with Crippen molar-refractivity contribution in [2.75, 3.05) is 0 Å². The lowest BCUT2D eigenvalue weighted by Gasteiger charge is -2.19. The number of aromatic nitrogens is 1. The van der Waals surface area contributed by atoms with Gasteiger partial charge < -0.3 is 9.67 Å². The van der Waals surface area contributed by atoms with Gasteiger partial charge in [-0.25, -0.2) is 0 Å². The van der Waals surface area contributed by atoms with Crippen LogP contribution in [0.4, 0.5) is 0 Å². The first-order valence-corrected chi connectivity index (χ1v) is 6.25. The molecular formula is C16H17NO. The van der Waals surface area contributed by atoms with Crippen molar-refractivity contribution in [3.63, 3.8) is 0 Å². The molecule has 0 saturated heterocycles. The normalized spacial score (nSPS) is 12.4. The van der Waals surface area contributed by atoms with E-state index in [4.69, 9.17) is 0 Å². The van der Waals surface area contributed by atoms with Gasteiger partial charge in [0.15, 0.2) is 0 Å². The lowest BCUT2D eigenvalue weighted by molar-refractivity contribution is 0.0640. The molecule has 1 heterocycles. The Morgan fingerprint density at radius 1 is 0.889 bits per heavy atom. The van der Waals surface area contributed by atoms with Gasteiger partial charge in [-0.2, -0.15) is 0 Å². The third-order valence-corrected chi connectivity index (χ3v) is 3.22. The van der Waals surface area contributed by atoms with Crippen molar-refractivity contribution in [3.8, 4) is 0 Å². The third-order valence-electron chi connectivity index (χ3n) is 3.22. The second-order valence-electron chi connectivity index (χ2n) is 5.43. The van der Waals surface area contributed by atoms with Crippen LogP contribution >= 0.6 is 0 Å². The van der Waals surface area contributed by atoms with Crippen molar-refractivity contribution >= 4 is 21.8 Å². The summed E-state index contributed by atoms with van der Waals surface area (Å²) in [5.74, 6) is 0. The molecule has 2 aromatic carbocycles. The van der Waals surface area contributed by atoms with Crippen molar-refractivity contribution < 1.29 is 5.11 Å². The van der Waals surface area contributed by atoms with Crippen molar-refractivity contribution in [1.29, 1.82) is 0 Å². The SMILES string of the molecule is CC(C)(O)Cn1c2ccccc2c2ccccc21. The zero-order chi connectivity index (χ0) is 12.8. The van der Waals surface area contributed by atoms with Gasteiger partial charge in [-0.3, -0.25) is 0 Å². The Labute approximate surface area is 106 Å². The van der Waals surface area contributed by atoms with Crippen LogP contribution in [0.1, 0.15) is 13.8 Å². The van der Waals surface area contributed by atoms with Crippen LogP contribution in [0, 0.1) is 0 Å². The number of rotatable bonds is 2. The molecule has 92 valence electrons. The molecule has 1 aromatic heterocycles. The highest BCUT2D eigenvalue weighted by molar-refractivity contribution is 6.07. The summed E-state index contributed by atoms with van der Waals surface area (Å²) < 4.78 is 2.20. The van der Waals surface area contributed by atoms with Gasteiger partial charge in [0.25, 0.3) is 0 Å². The Morgan fingerprint density at radius 3 is 1.78 bits per heavy atom. The van der Waals surface area contributed by atoms with E-state index in [9.17, 15) is 5.11 Å². The van der Waals surface area contributed by atoms with E-state index in [2.05, 4.69) is 41.0 Å². The number of fused-ring (bicyclic) bond motifs is 3. The van der Waals surface area contributed by atoms with Gasteiger partial charge in [0.1, 0.15) is 0 Å². The zero-order valence-electron chi connectivity index (χ0n) is 10.7. The van der Waals surface area contributed by atoms with Gasteiger partial charge in [-0.1, -0.05) is 36.4 Å². The molecular weight excluding hydrogens is 222 g/mol. The second kappa shape index (κ2) is 3.85. The molecule has 18 heavy (non-hydrogen) atoms. The highest BCUT2D eigenvalue weighted by atomic mass is 16.3. The monoisotopic (exact) mass is 239 g/mol. The number of benzene rings is 2. The molecule has 3 rings (SSSR count). The maximum atomic E-state index is 10.1. The van der Waals surface area contributed by atoms with Gasteiger partial charge in [0, 0.05) is 21.8 Å². The summed E-state index contributed by atoms with van der Waals surface area (Å²) >= 11 is 0. The standard InChI is InChI=1S/C16H17NO/c1-16(2,18)11-17-14-9-5-3-7-12(14)13-8-4-6-10-15(13)17/h3-10,18H,11H2,1-2H3. The molecule has 0 unspecified atom stereocenters. The van der Waals surface area contributed by atoms with Crippen LogP contribution in [0.3, 0.4) is 0 Å². The number of nitrogens with zero attached hydrogens (tertiary/aromatic N) is 1. The van der Waals surface area contributed by atoms with E-state index in [0.29, 0.717) is 6.54 Å². The molecule has 0 amide bonds. The molecule has 0 spiro atoms. The zero-order valence-corrected chi connectivity index (χ0v) is 10.7. The lowest BCUT2D eigenvalue weighted by Crippen LogP contribution is -2.25. The van der Waals surface area contributed by atoms with Crippen molar-refractivity contribution in [2.24, 2.45) is 0 Å². The molecule has 0 bridgehead atoms. The Kier molecular flexibility index (Phi) is 2.42. The summed E-state index contributed by atoms with van der Waals surface area (Å²) in [6, 6.07) is 16.7. The predicted molar refractivity (Wildman–Crippen MR) is 75.7 cm³/mol. The number of para-hydroxylation sites is 2. The predicted octanol–water partition coefficient (Wildman–Crippen LogP) is 3.57. The van der Waals surface area contributed by atoms with E-state index in [0.717, 1.165) is 0 Å². The minimum Gasteiger partial charge on any atom is -0.389 e. The van der Waals surface area contributed by atoms with Crippen LogP contribution in [0.15, 0.2) is 48.5 Å². The van der Waals surface area contributed by atoms with E-state index >= 15 is 0 Å². The average molecular weight is 239 g/mol. The molecule has 0 radical (unpaired) electrons. The number of hydrogen-bond donors (Lipinski definition) is 1. The Bertz CT molecular complexity index is 651. The van der Waals surface area contributed by atoms with Gasteiger partial charge in [0.05, 0.1) is 12.1 Å². The quantitative estimate of drug-likeness (QED) is 0.726. The van der Waals surface area contributed by atoms with E-state index in [-0.39, 0.29) is 0 Å². The molecule has 0 fully saturated rings. The summed E-state index contributed by atoms with van der Waals surface area (Å²) in [5, 5.41) is 12.6. The van der Waals surface area contributed by atoms with Crippen molar-refractivity contribution in [2.45, 2.75) is 26.0 Å². The van der Waals surface area contributed by atoms with Crippen LogP contribution < -0.4 is 0 Å². The molecule has 0 aliphatic rings. The fourth-order valence-corrected chi connectivity index (χ4v) is 2.56. The Morgan fingerprint density at radius 2 is 1.33 bits per heavy atom. The topological polar surface area (TPSA) is 25.2 Å². The van der Waals surface area contributed by atoms with Crippen molar-refractivity contribution in [1.82, 2.24) is 4.57 Å². The largest absolute Gasteiger partial charge is 0.389 e. The summed E-state index contributed by atoms with van der Waals surface area (Å²) in [5.41, 5.74) is 1.64. The highest BCUT2D eigenvalue weighted by Crippen LogP contribution is 2.29. The first-order valence-electron chi connectivity index (χ1n) is 6.25. The maximum absolute atomic E-state index is 10.1. The maximum Gasteiger partial charge on any atom is 0.0770 e. The van der Waals surface area contributed by atoms with Crippen LogP contribution in [0.25, 0.3) is 21.8 Å². The highest BCUT2D eigenvalue weighted by Gasteiger charge is 2.17. The summed E-state index contributed by atoms with van der Waals surface area (Å²) in [6.07, 6.45) is 0. The first kappa shape index (κ1) is 11.3. The van der Waals surface area contributed by atoms with E-state index in [1.165, 1.54) is 21.8 Å². The molecule has 1 N–H and O–H groups in total. The summed E-state index contributed by atoms with van der Waals surface area (Å²) in [6.45, 7) is 4.29. The van der Waals surface area contributed by atoms with Crippen LogP contribution in [-0.4, -0.2) is 15.3 Å². The molecule has 0 aliphatic carbocycles. The Hall–Kier alpha value is -1.80. The lowest BCUT2D eigenvalue weighted by atomic mass is 10.1. The molecule has 2 nitrogen and oxygen atoms in total. The first-order chi connectivity index (χ1) is 8.56. The summed E-state index contributed by atoms with van der Waals surface area (Å²) in [7, 11) is 0. The van der Waals surface area contributed by atoms with E-state index in [1.54, 1.807) is 0 Å². The van der Waals surface area contributed by atoms with Gasteiger partial charge in [0.2, 0.25) is 0 Å². The smallest absolute Gasteiger partial charge is 0.0770 e. The molecule has 0 saturated carbocycles. The Balaban J connectivity index is 2.38. The van der Waals surface area contributed by atoms with Crippen molar-refractivity contribution in [3.05, 3.63) is 48.5 Å². The van der Waals surface area contributed by atoms with Gasteiger partial charge in [-0.05, 0) is 26.0 Å². The van der Waals surface area contributed by atoms with Crippen LogP contribution in [-0.2, 0) is 6.54 Å².